The van der Waals surface area contributed by atoms with E-state index in [9.17, 15) is 14.6 Å². The normalized spacial score (nSPS) is 14.6. The van der Waals surface area contributed by atoms with Gasteiger partial charge >= 0.3 is 0 Å². The minimum absolute atomic E-state index is 0.178. The zero-order valence-corrected chi connectivity index (χ0v) is 11.4. The monoisotopic (exact) mass is 255 g/mol. The van der Waals surface area contributed by atoms with E-state index in [0.717, 1.165) is 0 Å². The van der Waals surface area contributed by atoms with Gasteiger partial charge in [-0.15, -0.1) is 0 Å². The third-order valence-electron chi connectivity index (χ3n) is 3.53. The van der Waals surface area contributed by atoms with Gasteiger partial charge in [-0.25, -0.2) is 4.39 Å². The van der Waals surface area contributed by atoms with Crippen molar-refractivity contribution < 1.29 is 14.6 Å². The number of benzene rings is 1. The Morgan fingerprint density at radius 2 is 1.78 bits per heavy atom. The van der Waals surface area contributed by atoms with Gasteiger partial charge in [0.1, 0.15) is 5.82 Å². The van der Waals surface area contributed by atoms with Gasteiger partial charge < -0.3 is 15.5 Å². The van der Waals surface area contributed by atoms with Crippen LogP contribution in [0.25, 0.3) is 0 Å². The SMILES string of the molecule is CC(C)(O)C(C)(C)NCC(O)c1ccccc1F. The van der Waals surface area contributed by atoms with E-state index in [-0.39, 0.29) is 12.1 Å². The summed E-state index contributed by atoms with van der Waals surface area (Å²) >= 11 is 0. The van der Waals surface area contributed by atoms with Gasteiger partial charge in [0, 0.05) is 17.6 Å². The van der Waals surface area contributed by atoms with Gasteiger partial charge in [0.25, 0.3) is 0 Å². The topological polar surface area (TPSA) is 52.5 Å². The summed E-state index contributed by atoms with van der Waals surface area (Å²) < 4.78 is 13.5. The summed E-state index contributed by atoms with van der Waals surface area (Å²) in [6, 6.07) is 6.14. The van der Waals surface area contributed by atoms with E-state index in [1.165, 1.54) is 6.07 Å². The summed E-state index contributed by atoms with van der Waals surface area (Å²) in [5.41, 5.74) is -1.27. The van der Waals surface area contributed by atoms with Gasteiger partial charge in [-0.1, -0.05) is 18.2 Å². The fourth-order valence-electron chi connectivity index (χ4n) is 1.42. The molecule has 1 aromatic carbocycles. The molecule has 0 saturated carbocycles. The molecule has 3 nitrogen and oxygen atoms in total. The molecule has 1 unspecified atom stereocenters. The van der Waals surface area contributed by atoms with Crippen LogP contribution in [0, 0.1) is 5.82 Å². The Bertz CT molecular complexity index is 399. The summed E-state index contributed by atoms with van der Waals surface area (Å²) in [5, 5.41) is 23.0. The molecule has 0 aliphatic heterocycles. The van der Waals surface area contributed by atoms with E-state index in [4.69, 9.17) is 0 Å². The third-order valence-corrected chi connectivity index (χ3v) is 3.53. The van der Waals surface area contributed by atoms with Crippen molar-refractivity contribution >= 4 is 0 Å². The molecule has 0 aromatic heterocycles. The van der Waals surface area contributed by atoms with Crippen molar-refractivity contribution in [2.45, 2.75) is 44.9 Å². The molecule has 102 valence electrons. The molecule has 4 heteroatoms. The molecule has 0 aliphatic rings. The molecule has 3 N–H and O–H groups in total. The van der Waals surface area contributed by atoms with Crippen LogP contribution in [-0.2, 0) is 0 Å². The standard InChI is InChI=1S/C14H22FNO2/c1-13(2,14(3,4)18)16-9-12(17)10-7-5-6-8-11(10)15/h5-8,12,16-18H,9H2,1-4H3. The fraction of sp³-hybridized carbons (Fsp3) is 0.571. The molecule has 1 rings (SSSR count). The van der Waals surface area contributed by atoms with Gasteiger partial charge in [0.05, 0.1) is 11.7 Å². The van der Waals surface area contributed by atoms with Gasteiger partial charge in [-0.3, -0.25) is 0 Å². The number of aliphatic hydroxyl groups excluding tert-OH is 1. The Labute approximate surface area is 108 Å². The smallest absolute Gasteiger partial charge is 0.129 e. The molecule has 0 saturated heterocycles. The molecule has 0 heterocycles. The average molecular weight is 255 g/mol. The second-order valence-corrected chi connectivity index (χ2v) is 5.60. The van der Waals surface area contributed by atoms with Gasteiger partial charge in [-0.2, -0.15) is 0 Å². The van der Waals surface area contributed by atoms with Crippen molar-refractivity contribution in [1.82, 2.24) is 5.32 Å². The van der Waals surface area contributed by atoms with Crippen LogP contribution < -0.4 is 5.32 Å². The van der Waals surface area contributed by atoms with Crippen LogP contribution in [0.15, 0.2) is 24.3 Å². The zero-order chi connectivity index (χ0) is 14.0. The summed E-state index contributed by atoms with van der Waals surface area (Å²) in [6.45, 7) is 7.23. The lowest BCUT2D eigenvalue weighted by Gasteiger charge is -2.38. The van der Waals surface area contributed by atoms with Crippen molar-refractivity contribution in [2.75, 3.05) is 6.54 Å². The zero-order valence-electron chi connectivity index (χ0n) is 11.4. The first-order valence-electron chi connectivity index (χ1n) is 6.05. The van der Waals surface area contributed by atoms with E-state index in [2.05, 4.69) is 5.32 Å². The molecule has 0 fully saturated rings. The van der Waals surface area contributed by atoms with Gasteiger partial charge in [-0.05, 0) is 33.8 Å². The van der Waals surface area contributed by atoms with Crippen LogP contribution in [0.1, 0.15) is 39.4 Å². The lowest BCUT2D eigenvalue weighted by molar-refractivity contribution is -0.00992. The number of nitrogens with one attached hydrogen (secondary N) is 1. The summed E-state index contributed by atoms with van der Waals surface area (Å²) in [4.78, 5) is 0. The highest BCUT2D eigenvalue weighted by molar-refractivity contribution is 5.20. The highest BCUT2D eigenvalue weighted by Crippen LogP contribution is 2.22. The number of hydrogen-bond acceptors (Lipinski definition) is 3. The minimum atomic E-state index is -0.943. The molecule has 1 aromatic rings. The summed E-state index contributed by atoms with van der Waals surface area (Å²) in [7, 11) is 0. The fourth-order valence-corrected chi connectivity index (χ4v) is 1.42. The Morgan fingerprint density at radius 3 is 2.28 bits per heavy atom. The summed E-state index contributed by atoms with van der Waals surface area (Å²) in [6.07, 6.45) is -0.937. The van der Waals surface area contributed by atoms with Crippen LogP contribution in [-0.4, -0.2) is 27.9 Å². The minimum Gasteiger partial charge on any atom is -0.389 e. The molecular weight excluding hydrogens is 233 g/mol. The van der Waals surface area contributed by atoms with Crippen LogP contribution in [0.3, 0.4) is 0 Å². The van der Waals surface area contributed by atoms with Crippen molar-refractivity contribution in [3.63, 3.8) is 0 Å². The number of aliphatic hydroxyl groups is 2. The van der Waals surface area contributed by atoms with E-state index in [1.54, 1.807) is 32.0 Å². The molecule has 0 amide bonds. The van der Waals surface area contributed by atoms with E-state index < -0.39 is 23.1 Å². The maximum absolute atomic E-state index is 13.5. The number of rotatable bonds is 5. The first-order valence-corrected chi connectivity index (χ1v) is 6.05. The lowest BCUT2D eigenvalue weighted by atomic mass is 9.86. The molecule has 18 heavy (non-hydrogen) atoms. The highest BCUT2D eigenvalue weighted by Gasteiger charge is 2.34. The van der Waals surface area contributed by atoms with E-state index in [1.807, 2.05) is 13.8 Å². The maximum atomic E-state index is 13.5. The molecule has 0 bridgehead atoms. The first-order chi connectivity index (χ1) is 8.15. The van der Waals surface area contributed by atoms with Gasteiger partial charge in [0.2, 0.25) is 0 Å². The molecule has 1 atom stereocenters. The molecule has 0 spiro atoms. The number of hydrogen-bond donors (Lipinski definition) is 3. The Morgan fingerprint density at radius 1 is 1.22 bits per heavy atom. The maximum Gasteiger partial charge on any atom is 0.129 e. The van der Waals surface area contributed by atoms with Crippen LogP contribution >= 0.6 is 0 Å². The van der Waals surface area contributed by atoms with E-state index in [0.29, 0.717) is 0 Å². The predicted octanol–water partition coefficient (Wildman–Crippen LogP) is 2.00. The van der Waals surface area contributed by atoms with Crippen molar-refractivity contribution in [3.8, 4) is 0 Å². The van der Waals surface area contributed by atoms with Crippen molar-refractivity contribution in [2.24, 2.45) is 0 Å². The Hall–Kier alpha value is -0.970. The van der Waals surface area contributed by atoms with Crippen molar-refractivity contribution in [3.05, 3.63) is 35.6 Å². The third kappa shape index (κ3) is 3.51. The lowest BCUT2D eigenvalue weighted by Crippen LogP contribution is -2.56. The van der Waals surface area contributed by atoms with E-state index >= 15 is 0 Å². The number of halogens is 1. The van der Waals surface area contributed by atoms with Crippen LogP contribution in [0.4, 0.5) is 4.39 Å². The largest absolute Gasteiger partial charge is 0.389 e. The van der Waals surface area contributed by atoms with Crippen LogP contribution in [0.5, 0.6) is 0 Å². The Balaban J connectivity index is 2.68. The Kier molecular flexibility index (Phi) is 4.48. The molecule has 0 radical (unpaired) electrons. The average Bonchev–Trinajstić information content (AvgIpc) is 2.25. The van der Waals surface area contributed by atoms with Crippen molar-refractivity contribution in [1.29, 1.82) is 0 Å². The molecule has 0 aliphatic carbocycles. The second kappa shape index (κ2) is 5.34. The predicted molar refractivity (Wildman–Crippen MR) is 69.7 cm³/mol. The quantitative estimate of drug-likeness (QED) is 0.754. The molecular formula is C14H22FNO2. The second-order valence-electron chi connectivity index (χ2n) is 5.60. The van der Waals surface area contributed by atoms with Crippen LogP contribution in [0.2, 0.25) is 0 Å². The number of β-amino-alcohol motifs (C(OH)–C–C–N with tert-alkyl or cyclic N) is 1. The summed E-state index contributed by atoms with van der Waals surface area (Å²) in [5.74, 6) is -0.423. The highest BCUT2D eigenvalue weighted by atomic mass is 19.1. The first kappa shape index (κ1) is 15.1. The van der Waals surface area contributed by atoms with Gasteiger partial charge in [0.15, 0.2) is 0 Å².